The van der Waals surface area contributed by atoms with Gasteiger partial charge in [-0.2, -0.15) is 0 Å². The first-order chi connectivity index (χ1) is 22.8. The molecule has 0 unspecified atom stereocenters. The molecule has 0 saturated carbocycles. The average Bonchev–Trinajstić information content (AvgIpc) is 3.70. The molecule has 2 aromatic heterocycles. The van der Waals surface area contributed by atoms with Crippen molar-refractivity contribution in [3.8, 4) is 0 Å². The number of nitrogens with zero attached hydrogens (tertiary/aromatic N) is 2. The standard InChI is InChI=1S/C42H28N2S2/c1-3-13-29(14-4-1)43(37-21-11-19-35-33-17-7-9-23-39(33)45-41(35)37)31-25-27-32(28-26-31)44(30-15-5-2-6-16-30)38-22-12-20-36-34-18-8-10-24-40(34)46-42(36)38/h1-28H. The summed E-state index contributed by atoms with van der Waals surface area (Å²) in [5.41, 5.74) is 6.88. The predicted octanol–water partition coefficient (Wildman–Crippen LogP) is 13.4. The first-order valence-corrected chi connectivity index (χ1v) is 17.1. The maximum absolute atomic E-state index is 2.39. The van der Waals surface area contributed by atoms with Crippen molar-refractivity contribution < 1.29 is 0 Å². The second kappa shape index (κ2) is 11.2. The summed E-state index contributed by atoms with van der Waals surface area (Å²) in [6.45, 7) is 0. The minimum Gasteiger partial charge on any atom is -0.309 e. The highest BCUT2D eigenvalue weighted by Crippen LogP contribution is 2.47. The van der Waals surface area contributed by atoms with Crippen LogP contribution in [0.3, 0.4) is 0 Å². The van der Waals surface area contributed by atoms with Crippen molar-refractivity contribution >= 4 is 97.1 Å². The fourth-order valence-corrected chi connectivity index (χ4v) is 8.99. The third-order valence-corrected chi connectivity index (χ3v) is 11.1. The van der Waals surface area contributed by atoms with Crippen molar-refractivity contribution in [2.45, 2.75) is 0 Å². The zero-order chi connectivity index (χ0) is 30.5. The maximum atomic E-state index is 2.39. The summed E-state index contributed by atoms with van der Waals surface area (Å²) in [6, 6.07) is 61.2. The molecule has 9 aromatic rings. The van der Waals surface area contributed by atoms with Gasteiger partial charge in [-0.15, -0.1) is 22.7 Å². The van der Waals surface area contributed by atoms with Gasteiger partial charge in [0.15, 0.2) is 0 Å². The Morgan fingerprint density at radius 2 is 0.630 bits per heavy atom. The van der Waals surface area contributed by atoms with E-state index in [0.29, 0.717) is 0 Å². The van der Waals surface area contributed by atoms with E-state index in [1.165, 1.54) is 51.7 Å². The van der Waals surface area contributed by atoms with Gasteiger partial charge in [0.05, 0.1) is 20.8 Å². The van der Waals surface area contributed by atoms with Crippen molar-refractivity contribution in [3.63, 3.8) is 0 Å². The Morgan fingerprint density at radius 1 is 0.283 bits per heavy atom. The van der Waals surface area contributed by atoms with Crippen LogP contribution in [0, 0.1) is 0 Å². The SMILES string of the molecule is c1ccc(N(c2ccc(N(c3ccccc3)c3cccc4c3sc3ccccc34)cc2)c2cccc3c2sc2ccccc23)cc1. The van der Waals surface area contributed by atoms with Gasteiger partial charge in [0, 0.05) is 53.7 Å². The second-order valence-corrected chi connectivity index (χ2v) is 13.5. The Kier molecular flexibility index (Phi) is 6.55. The first kappa shape index (κ1) is 26.9. The number of benzene rings is 7. The molecule has 0 N–H and O–H groups in total. The van der Waals surface area contributed by atoms with E-state index in [2.05, 4.69) is 180 Å². The number of rotatable bonds is 6. The van der Waals surface area contributed by atoms with Crippen LogP contribution < -0.4 is 9.80 Å². The highest BCUT2D eigenvalue weighted by atomic mass is 32.1. The minimum absolute atomic E-state index is 1.12. The predicted molar refractivity (Wildman–Crippen MR) is 202 cm³/mol. The molecule has 0 amide bonds. The van der Waals surface area contributed by atoms with Crippen LogP contribution in [0.25, 0.3) is 40.3 Å². The summed E-state index contributed by atoms with van der Waals surface area (Å²) in [5, 5.41) is 5.20. The van der Waals surface area contributed by atoms with Gasteiger partial charge < -0.3 is 9.80 Å². The van der Waals surface area contributed by atoms with Gasteiger partial charge >= 0.3 is 0 Å². The van der Waals surface area contributed by atoms with Crippen molar-refractivity contribution in [3.05, 3.63) is 170 Å². The molecule has 218 valence electrons. The van der Waals surface area contributed by atoms with Crippen LogP contribution in [0.5, 0.6) is 0 Å². The summed E-state index contributed by atoms with van der Waals surface area (Å²) >= 11 is 3.73. The van der Waals surface area contributed by atoms with Crippen LogP contribution >= 0.6 is 22.7 Å². The third-order valence-electron chi connectivity index (χ3n) is 8.64. The zero-order valence-electron chi connectivity index (χ0n) is 24.9. The van der Waals surface area contributed by atoms with Crippen molar-refractivity contribution in [2.24, 2.45) is 0 Å². The fraction of sp³-hybridized carbons (Fsp3) is 0. The number of para-hydroxylation sites is 2. The Balaban J connectivity index is 1.21. The molecule has 0 fully saturated rings. The Bertz CT molecular complexity index is 2300. The van der Waals surface area contributed by atoms with Crippen molar-refractivity contribution in [2.75, 3.05) is 9.80 Å². The lowest BCUT2D eigenvalue weighted by Crippen LogP contribution is -2.12. The summed E-state index contributed by atoms with van der Waals surface area (Å²) in [5.74, 6) is 0. The molecule has 0 saturated heterocycles. The molecule has 0 bridgehead atoms. The molecule has 0 aliphatic heterocycles. The van der Waals surface area contributed by atoms with Crippen LogP contribution in [-0.2, 0) is 0 Å². The number of anilines is 6. The molecule has 2 nitrogen and oxygen atoms in total. The quantitative estimate of drug-likeness (QED) is 0.182. The smallest absolute Gasteiger partial charge is 0.0640 e. The first-order valence-electron chi connectivity index (χ1n) is 15.4. The summed E-state index contributed by atoms with van der Waals surface area (Å²) in [4.78, 5) is 4.78. The molecule has 9 rings (SSSR count). The van der Waals surface area contributed by atoms with Crippen LogP contribution in [-0.4, -0.2) is 0 Å². The Labute approximate surface area is 275 Å². The second-order valence-electron chi connectivity index (χ2n) is 11.4. The van der Waals surface area contributed by atoms with Crippen molar-refractivity contribution in [1.29, 1.82) is 0 Å². The number of hydrogen-bond donors (Lipinski definition) is 0. The molecule has 46 heavy (non-hydrogen) atoms. The maximum Gasteiger partial charge on any atom is 0.0640 e. The average molecular weight is 625 g/mol. The zero-order valence-corrected chi connectivity index (χ0v) is 26.5. The molecule has 0 spiro atoms. The van der Waals surface area contributed by atoms with Crippen LogP contribution in [0.15, 0.2) is 170 Å². The van der Waals surface area contributed by atoms with E-state index in [-0.39, 0.29) is 0 Å². The Hall–Kier alpha value is -5.42. The lowest BCUT2D eigenvalue weighted by Gasteiger charge is -2.29. The van der Waals surface area contributed by atoms with E-state index in [1.54, 1.807) is 0 Å². The van der Waals surface area contributed by atoms with Gasteiger partial charge in [-0.25, -0.2) is 0 Å². The number of hydrogen-bond acceptors (Lipinski definition) is 4. The number of fused-ring (bicyclic) bond motifs is 6. The molecular formula is C42H28N2S2. The molecule has 7 aromatic carbocycles. The molecular weight excluding hydrogens is 597 g/mol. The van der Waals surface area contributed by atoms with Gasteiger partial charge in [0.1, 0.15) is 0 Å². The van der Waals surface area contributed by atoms with Gasteiger partial charge in [-0.1, -0.05) is 97.1 Å². The van der Waals surface area contributed by atoms with Gasteiger partial charge in [-0.05, 0) is 72.8 Å². The van der Waals surface area contributed by atoms with E-state index in [0.717, 1.165) is 22.7 Å². The normalized spacial score (nSPS) is 11.5. The van der Waals surface area contributed by atoms with Gasteiger partial charge in [-0.3, -0.25) is 0 Å². The lowest BCUT2D eigenvalue weighted by molar-refractivity contribution is 1.27. The molecule has 0 aliphatic rings. The number of thiophene rings is 2. The largest absolute Gasteiger partial charge is 0.309 e. The van der Waals surface area contributed by atoms with E-state index < -0.39 is 0 Å². The molecule has 2 heterocycles. The van der Waals surface area contributed by atoms with E-state index >= 15 is 0 Å². The topological polar surface area (TPSA) is 6.48 Å². The van der Waals surface area contributed by atoms with Gasteiger partial charge in [0.25, 0.3) is 0 Å². The molecule has 4 heteroatoms. The van der Waals surface area contributed by atoms with Crippen LogP contribution in [0.1, 0.15) is 0 Å². The Morgan fingerprint density at radius 3 is 1.07 bits per heavy atom. The lowest BCUT2D eigenvalue weighted by atomic mass is 10.1. The van der Waals surface area contributed by atoms with E-state index in [4.69, 9.17) is 0 Å². The van der Waals surface area contributed by atoms with E-state index in [9.17, 15) is 0 Å². The minimum atomic E-state index is 1.12. The summed E-state index contributed by atoms with van der Waals surface area (Å²) < 4.78 is 5.20. The molecule has 0 radical (unpaired) electrons. The highest BCUT2D eigenvalue weighted by molar-refractivity contribution is 7.26. The van der Waals surface area contributed by atoms with Gasteiger partial charge in [0.2, 0.25) is 0 Å². The summed E-state index contributed by atoms with van der Waals surface area (Å²) in [6.07, 6.45) is 0. The molecule has 0 atom stereocenters. The van der Waals surface area contributed by atoms with E-state index in [1.807, 2.05) is 22.7 Å². The molecule has 0 aliphatic carbocycles. The van der Waals surface area contributed by atoms with Crippen LogP contribution in [0.2, 0.25) is 0 Å². The summed E-state index contributed by atoms with van der Waals surface area (Å²) in [7, 11) is 0. The highest BCUT2D eigenvalue weighted by Gasteiger charge is 2.20. The van der Waals surface area contributed by atoms with Crippen molar-refractivity contribution in [1.82, 2.24) is 0 Å². The monoisotopic (exact) mass is 624 g/mol. The third kappa shape index (κ3) is 4.46. The fourth-order valence-electron chi connectivity index (χ4n) is 6.58. The van der Waals surface area contributed by atoms with Crippen LogP contribution in [0.4, 0.5) is 34.1 Å².